The summed E-state index contributed by atoms with van der Waals surface area (Å²) in [4.78, 5) is 20.5. The summed E-state index contributed by atoms with van der Waals surface area (Å²) in [6.45, 7) is 2.17. The molecule has 2 N–H and O–H groups in total. The molecule has 3 aromatic rings. The van der Waals surface area contributed by atoms with Crippen molar-refractivity contribution in [2.45, 2.75) is 58.0 Å². The van der Waals surface area contributed by atoms with E-state index in [-0.39, 0.29) is 12.0 Å². The van der Waals surface area contributed by atoms with E-state index in [2.05, 4.69) is 27.5 Å². The van der Waals surface area contributed by atoms with Gasteiger partial charge in [0.15, 0.2) is 11.5 Å². The minimum atomic E-state index is -0.746. The number of hydrogen-bond donors (Lipinski definition) is 2. The van der Waals surface area contributed by atoms with Crippen LogP contribution in [-0.2, 0) is 18.3 Å². The summed E-state index contributed by atoms with van der Waals surface area (Å²) >= 11 is 0. The number of nitrogens with zero attached hydrogens (tertiary/aromatic N) is 5. The van der Waals surface area contributed by atoms with Crippen LogP contribution in [0.15, 0.2) is 36.5 Å². The number of hydrogen-bond acceptors (Lipinski definition) is 7. The van der Waals surface area contributed by atoms with Gasteiger partial charge < -0.3 is 15.2 Å². The largest absolute Gasteiger partial charge is 0.489 e. The lowest BCUT2D eigenvalue weighted by Crippen LogP contribution is -2.29. The van der Waals surface area contributed by atoms with E-state index in [1.54, 1.807) is 10.9 Å². The van der Waals surface area contributed by atoms with Gasteiger partial charge >= 0.3 is 5.97 Å². The number of aliphatic carboxylic acids is 1. The molecule has 4 rings (SSSR count). The average Bonchev–Trinajstić information content (AvgIpc) is 3.18. The predicted molar refractivity (Wildman–Crippen MR) is 124 cm³/mol. The summed E-state index contributed by atoms with van der Waals surface area (Å²) in [6.07, 6.45) is 7.68. The molecule has 0 radical (unpaired) electrons. The van der Waals surface area contributed by atoms with Gasteiger partial charge in [-0.1, -0.05) is 24.6 Å². The van der Waals surface area contributed by atoms with Crippen molar-refractivity contribution in [1.82, 2.24) is 25.0 Å². The van der Waals surface area contributed by atoms with E-state index >= 15 is 0 Å². The molecule has 0 unspecified atom stereocenters. The Bertz CT molecular complexity index is 1080. The van der Waals surface area contributed by atoms with Crippen molar-refractivity contribution in [3.63, 3.8) is 0 Å². The Labute approximate surface area is 193 Å². The van der Waals surface area contributed by atoms with Crippen LogP contribution in [0.3, 0.4) is 0 Å². The average molecular weight is 451 g/mol. The van der Waals surface area contributed by atoms with Gasteiger partial charge in [0.2, 0.25) is 0 Å². The number of aryl methyl sites for hydroxylation is 2. The topological polar surface area (TPSA) is 115 Å². The molecule has 0 saturated heterocycles. The molecule has 1 aliphatic carbocycles. The molecule has 1 fully saturated rings. The standard InChI is InChI=1S/C24H30N6O3/c1-3-4-8-17-9-6-11-21(26-17)27-23-22(28-29-30(23)2)20-13-12-19(15-25-20)33-18-10-5-7-16(14-18)24(31)32/h6,9,11-13,15-16,18H,3-5,7-8,10,14H2,1-2H3,(H,26,27)(H,31,32)/t16-,18-/m0/s1. The first kappa shape index (κ1) is 22.7. The van der Waals surface area contributed by atoms with Crippen LogP contribution in [0.1, 0.15) is 51.1 Å². The number of carboxylic acids is 1. The third kappa shape index (κ3) is 5.66. The van der Waals surface area contributed by atoms with Crippen molar-refractivity contribution in [3.05, 3.63) is 42.2 Å². The Morgan fingerprint density at radius 3 is 2.91 bits per heavy atom. The first-order valence-electron chi connectivity index (χ1n) is 11.5. The summed E-state index contributed by atoms with van der Waals surface area (Å²) in [5.41, 5.74) is 2.33. The summed E-state index contributed by atoms with van der Waals surface area (Å²) in [7, 11) is 1.82. The second kappa shape index (κ2) is 10.4. The van der Waals surface area contributed by atoms with Crippen LogP contribution >= 0.6 is 0 Å². The second-order valence-electron chi connectivity index (χ2n) is 8.47. The molecule has 0 aromatic carbocycles. The van der Waals surface area contributed by atoms with Gasteiger partial charge in [-0.3, -0.25) is 9.78 Å². The lowest BCUT2D eigenvalue weighted by atomic mass is 9.87. The van der Waals surface area contributed by atoms with Crippen molar-refractivity contribution >= 4 is 17.6 Å². The van der Waals surface area contributed by atoms with Gasteiger partial charge in [0.1, 0.15) is 11.6 Å². The monoisotopic (exact) mass is 450 g/mol. The number of ether oxygens (including phenoxy) is 1. The maximum absolute atomic E-state index is 11.3. The van der Waals surface area contributed by atoms with Crippen LogP contribution < -0.4 is 10.1 Å². The summed E-state index contributed by atoms with van der Waals surface area (Å²) in [6, 6.07) is 9.63. The van der Waals surface area contributed by atoms with Crippen molar-refractivity contribution in [2.75, 3.05) is 5.32 Å². The Hall–Kier alpha value is -3.49. The lowest BCUT2D eigenvalue weighted by molar-refractivity contribution is -0.143. The van der Waals surface area contributed by atoms with E-state index in [4.69, 9.17) is 9.72 Å². The van der Waals surface area contributed by atoms with Gasteiger partial charge in [0, 0.05) is 12.7 Å². The van der Waals surface area contributed by atoms with Gasteiger partial charge in [-0.2, -0.15) is 0 Å². The van der Waals surface area contributed by atoms with Crippen LogP contribution in [0.25, 0.3) is 11.4 Å². The number of nitrogens with one attached hydrogen (secondary N) is 1. The number of rotatable bonds is 9. The molecule has 0 amide bonds. The first-order valence-corrected chi connectivity index (χ1v) is 11.5. The Kier molecular flexibility index (Phi) is 7.16. The number of unbranched alkanes of at least 4 members (excludes halogenated alkanes) is 1. The number of anilines is 2. The van der Waals surface area contributed by atoms with Gasteiger partial charge in [0.05, 0.1) is 23.9 Å². The fourth-order valence-corrected chi connectivity index (χ4v) is 4.10. The molecular formula is C24H30N6O3. The van der Waals surface area contributed by atoms with Crippen LogP contribution in [0.4, 0.5) is 11.6 Å². The molecule has 9 nitrogen and oxygen atoms in total. The summed E-state index contributed by atoms with van der Waals surface area (Å²) in [5.74, 6) is 0.981. The van der Waals surface area contributed by atoms with Crippen LogP contribution in [0, 0.1) is 5.92 Å². The van der Waals surface area contributed by atoms with Gasteiger partial charge in [-0.15, -0.1) is 5.10 Å². The third-order valence-electron chi connectivity index (χ3n) is 5.92. The minimum Gasteiger partial charge on any atom is -0.489 e. The molecule has 174 valence electrons. The highest BCUT2D eigenvalue weighted by Gasteiger charge is 2.28. The molecular weight excluding hydrogens is 420 g/mol. The van der Waals surface area contributed by atoms with Gasteiger partial charge in [0.25, 0.3) is 0 Å². The second-order valence-corrected chi connectivity index (χ2v) is 8.47. The maximum atomic E-state index is 11.3. The minimum absolute atomic E-state index is 0.104. The predicted octanol–water partition coefficient (Wildman–Crippen LogP) is 4.38. The number of carbonyl (C=O) groups is 1. The number of carboxylic acid groups (broad SMARTS) is 1. The molecule has 0 aliphatic heterocycles. The van der Waals surface area contributed by atoms with E-state index in [0.717, 1.165) is 43.6 Å². The summed E-state index contributed by atoms with van der Waals surface area (Å²) in [5, 5.41) is 21.0. The molecule has 1 aliphatic rings. The fourth-order valence-electron chi connectivity index (χ4n) is 4.10. The van der Waals surface area contributed by atoms with E-state index in [0.29, 0.717) is 35.8 Å². The normalized spacial score (nSPS) is 18.1. The molecule has 0 bridgehead atoms. The molecule has 33 heavy (non-hydrogen) atoms. The van der Waals surface area contributed by atoms with Crippen molar-refractivity contribution in [1.29, 1.82) is 0 Å². The Balaban J connectivity index is 1.46. The molecule has 1 saturated carbocycles. The maximum Gasteiger partial charge on any atom is 0.306 e. The van der Waals surface area contributed by atoms with Crippen LogP contribution in [0.2, 0.25) is 0 Å². The highest BCUT2D eigenvalue weighted by atomic mass is 16.5. The molecule has 3 heterocycles. The fraction of sp³-hybridized carbons (Fsp3) is 0.458. The Morgan fingerprint density at radius 1 is 1.27 bits per heavy atom. The van der Waals surface area contributed by atoms with Gasteiger partial charge in [-0.25, -0.2) is 9.67 Å². The van der Waals surface area contributed by atoms with Crippen molar-refractivity contribution in [2.24, 2.45) is 13.0 Å². The van der Waals surface area contributed by atoms with E-state index in [1.165, 1.54) is 0 Å². The SMILES string of the molecule is CCCCc1cccc(Nc2c(-c3ccc(O[C@H]4CCC[C@H](C(=O)O)C4)cn3)nnn2C)n1. The molecule has 9 heteroatoms. The van der Waals surface area contributed by atoms with Crippen LogP contribution in [0.5, 0.6) is 5.75 Å². The highest BCUT2D eigenvalue weighted by Crippen LogP contribution is 2.30. The third-order valence-corrected chi connectivity index (χ3v) is 5.92. The van der Waals surface area contributed by atoms with Crippen molar-refractivity contribution < 1.29 is 14.6 Å². The van der Waals surface area contributed by atoms with Crippen LogP contribution in [-0.4, -0.2) is 42.1 Å². The first-order chi connectivity index (χ1) is 16.0. The van der Waals surface area contributed by atoms with E-state index in [1.807, 2.05) is 37.4 Å². The molecule has 3 aromatic heterocycles. The van der Waals surface area contributed by atoms with E-state index < -0.39 is 5.97 Å². The quantitative estimate of drug-likeness (QED) is 0.493. The van der Waals surface area contributed by atoms with E-state index in [9.17, 15) is 9.90 Å². The lowest BCUT2D eigenvalue weighted by Gasteiger charge is -2.27. The Morgan fingerprint density at radius 2 is 2.15 bits per heavy atom. The molecule has 0 spiro atoms. The highest BCUT2D eigenvalue weighted by molar-refractivity contribution is 5.72. The molecule has 2 atom stereocenters. The number of aromatic nitrogens is 5. The van der Waals surface area contributed by atoms with Crippen molar-refractivity contribution in [3.8, 4) is 17.1 Å². The van der Waals surface area contributed by atoms with Gasteiger partial charge in [-0.05, 0) is 62.8 Å². The zero-order chi connectivity index (χ0) is 23.2. The smallest absolute Gasteiger partial charge is 0.306 e. The zero-order valence-electron chi connectivity index (χ0n) is 19.1. The summed E-state index contributed by atoms with van der Waals surface area (Å²) < 4.78 is 7.67. The number of pyridine rings is 2. The zero-order valence-corrected chi connectivity index (χ0v) is 19.1.